The highest BCUT2D eigenvalue weighted by Crippen LogP contribution is 2.22. The molecule has 0 spiro atoms. The van der Waals surface area contributed by atoms with Gasteiger partial charge in [-0.1, -0.05) is 17.7 Å². The van der Waals surface area contributed by atoms with Crippen LogP contribution in [0.25, 0.3) is 0 Å². The van der Waals surface area contributed by atoms with Gasteiger partial charge in [-0.15, -0.1) is 0 Å². The molecule has 0 saturated carbocycles. The van der Waals surface area contributed by atoms with Gasteiger partial charge in [0.05, 0.1) is 28.9 Å². The van der Waals surface area contributed by atoms with Crippen LogP contribution in [0.3, 0.4) is 0 Å². The molecule has 0 atom stereocenters. The molecular weight excluding hydrogens is 240 g/mol. The molecule has 0 amide bonds. The van der Waals surface area contributed by atoms with Crippen molar-refractivity contribution in [2.45, 2.75) is 19.3 Å². The van der Waals surface area contributed by atoms with Crippen molar-refractivity contribution in [1.82, 2.24) is 0 Å². The highest BCUT2D eigenvalue weighted by atomic mass is 35.5. The van der Waals surface area contributed by atoms with Crippen molar-refractivity contribution in [2.24, 2.45) is 0 Å². The predicted molar refractivity (Wildman–Crippen MR) is 65.6 cm³/mol. The third kappa shape index (κ3) is 3.97. The fraction of sp³-hybridized carbons (Fsp3) is 0.333. The first-order valence-corrected chi connectivity index (χ1v) is 5.62. The summed E-state index contributed by atoms with van der Waals surface area (Å²) in [5.41, 5.74) is 6.17. The van der Waals surface area contributed by atoms with Gasteiger partial charge in [0.25, 0.3) is 0 Å². The first-order valence-electron chi connectivity index (χ1n) is 5.25. The molecule has 0 bridgehead atoms. The summed E-state index contributed by atoms with van der Waals surface area (Å²) in [4.78, 5) is 11.6. The SMILES string of the molecule is N#CCCCCOC(=O)c1cccc(Cl)c1N. The Hall–Kier alpha value is -1.73. The second-order valence-corrected chi connectivity index (χ2v) is 3.86. The van der Waals surface area contributed by atoms with E-state index in [0.29, 0.717) is 17.9 Å². The lowest BCUT2D eigenvalue weighted by Crippen LogP contribution is -2.09. The second kappa shape index (κ2) is 6.77. The van der Waals surface area contributed by atoms with Crippen LogP contribution < -0.4 is 5.73 Å². The maximum Gasteiger partial charge on any atom is 0.340 e. The lowest BCUT2D eigenvalue weighted by Gasteiger charge is -2.07. The number of esters is 1. The summed E-state index contributed by atoms with van der Waals surface area (Å²) in [5.74, 6) is -0.484. The zero-order valence-electron chi connectivity index (χ0n) is 9.28. The standard InChI is InChI=1S/C12H13ClN2O2/c13-10-6-4-5-9(11(10)15)12(16)17-8-3-1-2-7-14/h4-6H,1-3,8,15H2. The summed E-state index contributed by atoms with van der Waals surface area (Å²) >= 11 is 5.79. The van der Waals surface area contributed by atoms with E-state index >= 15 is 0 Å². The Morgan fingerprint density at radius 1 is 1.47 bits per heavy atom. The Kier molecular flexibility index (Phi) is 5.31. The number of unbranched alkanes of at least 4 members (excludes halogenated alkanes) is 2. The van der Waals surface area contributed by atoms with Crippen LogP contribution in [0.5, 0.6) is 0 Å². The van der Waals surface area contributed by atoms with Gasteiger partial charge in [-0.3, -0.25) is 0 Å². The van der Waals surface area contributed by atoms with Gasteiger partial charge in [0.15, 0.2) is 0 Å². The van der Waals surface area contributed by atoms with Gasteiger partial charge >= 0.3 is 5.97 Å². The lowest BCUT2D eigenvalue weighted by molar-refractivity contribution is 0.0500. The zero-order valence-corrected chi connectivity index (χ0v) is 10.0. The second-order valence-electron chi connectivity index (χ2n) is 3.45. The first-order chi connectivity index (χ1) is 8.16. The minimum atomic E-state index is -0.484. The first kappa shape index (κ1) is 13.3. The van der Waals surface area contributed by atoms with Crippen molar-refractivity contribution < 1.29 is 9.53 Å². The molecule has 0 aliphatic carbocycles. The highest BCUT2D eigenvalue weighted by Gasteiger charge is 2.12. The van der Waals surface area contributed by atoms with Gasteiger partial charge in [0, 0.05) is 6.42 Å². The normalized spacial score (nSPS) is 9.65. The zero-order chi connectivity index (χ0) is 12.7. The molecule has 0 aliphatic heterocycles. The monoisotopic (exact) mass is 252 g/mol. The smallest absolute Gasteiger partial charge is 0.340 e. The number of nitrogens with zero attached hydrogens (tertiary/aromatic N) is 1. The van der Waals surface area contributed by atoms with Crippen LogP contribution in [0.4, 0.5) is 5.69 Å². The molecule has 1 aromatic carbocycles. The number of anilines is 1. The summed E-state index contributed by atoms with van der Waals surface area (Å²) in [5, 5.41) is 8.67. The summed E-state index contributed by atoms with van der Waals surface area (Å²) in [7, 11) is 0. The van der Waals surface area contributed by atoms with Crippen molar-refractivity contribution in [1.29, 1.82) is 5.26 Å². The number of hydrogen-bond acceptors (Lipinski definition) is 4. The number of nitrogens with two attached hydrogens (primary N) is 1. The average molecular weight is 253 g/mol. The van der Waals surface area contributed by atoms with E-state index in [-0.39, 0.29) is 17.9 Å². The summed E-state index contributed by atoms with van der Waals surface area (Å²) in [6, 6.07) is 6.85. The van der Waals surface area contributed by atoms with E-state index in [9.17, 15) is 4.79 Å². The number of para-hydroxylation sites is 1. The average Bonchev–Trinajstić information content (AvgIpc) is 2.32. The molecule has 0 unspecified atom stereocenters. The lowest BCUT2D eigenvalue weighted by atomic mass is 10.2. The summed E-state index contributed by atoms with van der Waals surface area (Å²) < 4.78 is 5.02. The Morgan fingerprint density at radius 3 is 2.94 bits per heavy atom. The van der Waals surface area contributed by atoms with Crippen LogP contribution in [-0.4, -0.2) is 12.6 Å². The van der Waals surface area contributed by atoms with Crippen molar-refractivity contribution in [3.05, 3.63) is 28.8 Å². The number of rotatable bonds is 5. The number of carbonyl (C=O) groups is 1. The number of halogens is 1. The third-order valence-corrected chi connectivity index (χ3v) is 2.52. The minimum absolute atomic E-state index is 0.233. The van der Waals surface area contributed by atoms with E-state index in [0.717, 1.165) is 6.42 Å². The minimum Gasteiger partial charge on any atom is -0.462 e. The molecular formula is C12H13ClN2O2. The fourth-order valence-corrected chi connectivity index (χ4v) is 1.44. The maximum absolute atomic E-state index is 11.6. The molecule has 4 nitrogen and oxygen atoms in total. The predicted octanol–water partition coefficient (Wildman–Crippen LogP) is 2.77. The largest absolute Gasteiger partial charge is 0.462 e. The molecule has 0 aromatic heterocycles. The van der Waals surface area contributed by atoms with Gasteiger partial charge in [-0.05, 0) is 25.0 Å². The van der Waals surface area contributed by atoms with Gasteiger partial charge < -0.3 is 10.5 Å². The van der Waals surface area contributed by atoms with E-state index in [2.05, 4.69) is 0 Å². The van der Waals surface area contributed by atoms with Crippen molar-refractivity contribution in [3.63, 3.8) is 0 Å². The van der Waals surface area contributed by atoms with Crippen LogP contribution in [0.15, 0.2) is 18.2 Å². The highest BCUT2D eigenvalue weighted by molar-refractivity contribution is 6.33. The number of benzene rings is 1. The van der Waals surface area contributed by atoms with E-state index in [4.69, 9.17) is 27.3 Å². The third-order valence-electron chi connectivity index (χ3n) is 2.19. The molecule has 2 N–H and O–H groups in total. The Bertz CT molecular complexity index is 441. The molecule has 0 saturated heterocycles. The number of nitriles is 1. The van der Waals surface area contributed by atoms with Gasteiger partial charge in [0.2, 0.25) is 0 Å². The number of nitrogen functional groups attached to an aromatic ring is 1. The molecule has 0 heterocycles. The van der Waals surface area contributed by atoms with Crippen molar-refractivity contribution >= 4 is 23.3 Å². The van der Waals surface area contributed by atoms with Crippen LogP contribution in [0.2, 0.25) is 5.02 Å². The van der Waals surface area contributed by atoms with Crippen molar-refractivity contribution in [2.75, 3.05) is 12.3 Å². The van der Waals surface area contributed by atoms with E-state index in [1.165, 1.54) is 0 Å². The summed E-state index contributed by atoms with van der Waals surface area (Å²) in [6.45, 7) is 0.284. The summed E-state index contributed by atoms with van der Waals surface area (Å²) in [6.07, 6.45) is 1.85. The molecule has 90 valence electrons. The molecule has 17 heavy (non-hydrogen) atoms. The van der Waals surface area contributed by atoms with Gasteiger partial charge in [0.1, 0.15) is 0 Å². The molecule has 0 aliphatic rings. The molecule has 0 radical (unpaired) electrons. The topological polar surface area (TPSA) is 76.1 Å². The fourth-order valence-electron chi connectivity index (χ4n) is 1.26. The van der Waals surface area contributed by atoms with Crippen LogP contribution in [-0.2, 0) is 4.74 Å². The Morgan fingerprint density at radius 2 is 2.24 bits per heavy atom. The van der Waals surface area contributed by atoms with Crippen molar-refractivity contribution in [3.8, 4) is 6.07 Å². The van der Waals surface area contributed by atoms with E-state index < -0.39 is 5.97 Å². The number of hydrogen-bond donors (Lipinski definition) is 1. The Labute approximate surface area is 105 Å². The van der Waals surface area contributed by atoms with Crippen LogP contribution in [0.1, 0.15) is 29.6 Å². The molecule has 1 rings (SSSR count). The van der Waals surface area contributed by atoms with Gasteiger partial charge in [-0.25, -0.2) is 4.79 Å². The van der Waals surface area contributed by atoms with E-state index in [1.54, 1.807) is 18.2 Å². The number of ether oxygens (including phenoxy) is 1. The molecule has 1 aromatic rings. The molecule has 0 fully saturated rings. The quantitative estimate of drug-likeness (QED) is 0.497. The van der Waals surface area contributed by atoms with Crippen LogP contribution in [0, 0.1) is 11.3 Å². The maximum atomic E-state index is 11.6. The van der Waals surface area contributed by atoms with E-state index in [1.807, 2.05) is 6.07 Å². The van der Waals surface area contributed by atoms with Crippen LogP contribution >= 0.6 is 11.6 Å². The molecule has 5 heteroatoms. The Balaban J connectivity index is 2.48. The number of carbonyl (C=O) groups excluding carboxylic acids is 1. The van der Waals surface area contributed by atoms with Gasteiger partial charge in [-0.2, -0.15) is 5.26 Å².